The van der Waals surface area contributed by atoms with E-state index in [2.05, 4.69) is 20.9 Å². The Morgan fingerprint density at radius 1 is 1.52 bits per heavy atom. The van der Waals surface area contributed by atoms with Crippen molar-refractivity contribution in [3.8, 4) is 0 Å². The number of aromatic nitrogens is 1. The normalized spacial score (nSPS) is 20.4. The molecular formula is C14H19BrN2O3S. The van der Waals surface area contributed by atoms with Crippen LogP contribution in [0.15, 0.2) is 22.8 Å². The summed E-state index contributed by atoms with van der Waals surface area (Å²) in [5.74, 6) is 0.0298. The van der Waals surface area contributed by atoms with Gasteiger partial charge in [0.05, 0.1) is 11.5 Å². The Bertz CT molecular complexity index is 618. The molecule has 0 bridgehead atoms. The zero-order valence-electron chi connectivity index (χ0n) is 12.0. The molecule has 1 unspecified atom stereocenters. The van der Waals surface area contributed by atoms with Crippen molar-refractivity contribution in [1.82, 2.24) is 9.88 Å². The largest absolute Gasteiger partial charge is 0.333 e. The predicted molar refractivity (Wildman–Crippen MR) is 84.9 cm³/mol. The van der Waals surface area contributed by atoms with Gasteiger partial charge in [-0.05, 0) is 40.9 Å². The summed E-state index contributed by atoms with van der Waals surface area (Å²) in [4.78, 5) is 18.5. The van der Waals surface area contributed by atoms with Crippen molar-refractivity contribution < 1.29 is 13.2 Å². The zero-order chi connectivity index (χ0) is 15.5. The molecule has 1 aliphatic rings. The first-order chi connectivity index (χ1) is 9.94. The second-order valence-electron chi connectivity index (χ2n) is 5.24. The van der Waals surface area contributed by atoms with Gasteiger partial charge >= 0.3 is 0 Å². The Labute approximate surface area is 133 Å². The van der Waals surface area contributed by atoms with E-state index in [-0.39, 0.29) is 23.5 Å². The number of carbonyl (C=O) groups is 1. The van der Waals surface area contributed by atoms with Crippen LogP contribution in [0.4, 0.5) is 0 Å². The summed E-state index contributed by atoms with van der Waals surface area (Å²) in [6, 6.07) is 3.28. The van der Waals surface area contributed by atoms with E-state index in [4.69, 9.17) is 0 Å². The van der Waals surface area contributed by atoms with Crippen LogP contribution < -0.4 is 0 Å². The number of unbranched alkanes of at least 4 members (excludes halogenated alkanes) is 1. The van der Waals surface area contributed by atoms with E-state index in [1.54, 1.807) is 23.2 Å². The number of pyridine rings is 1. The van der Waals surface area contributed by atoms with E-state index in [0.717, 1.165) is 12.8 Å². The molecule has 0 aliphatic carbocycles. The maximum absolute atomic E-state index is 12.7. The minimum absolute atomic E-state index is 0.0624. The third-order valence-electron chi connectivity index (χ3n) is 3.62. The highest BCUT2D eigenvalue weighted by atomic mass is 79.9. The van der Waals surface area contributed by atoms with Crippen molar-refractivity contribution in [3.63, 3.8) is 0 Å². The van der Waals surface area contributed by atoms with Crippen LogP contribution in [0.3, 0.4) is 0 Å². The van der Waals surface area contributed by atoms with Crippen LogP contribution in [0, 0.1) is 0 Å². The summed E-state index contributed by atoms with van der Waals surface area (Å²) in [6.45, 7) is 2.61. The highest BCUT2D eigenvalue weighted by Gasteiger charge is 2.35. The van der Waals surface area contributed by atoms with E-state index in [0.29, 0.717) is 23.1 Å². The first-order valence-corrected chi connectivity index (χ1v) is 9.68. The lowest BCUT2D eigenvalue weighted by Crippen LogP contribution is -2.42. The summed E-state index contributed by atoms with van der Waals surface area (Å²) in [6.07, 6.45) is 3.89. The van der Waals surface area contributed by atoms with Crippen molar-refractivity contribution >= 4 is 31.7 Å². The first kappa shape index (κ1) is 16.4. The van der Waals surface area contributed by atoms with E-state index in [1.165, 1.54) is 0 Å². The van der Waals surface area contributed by atoms with Gasteiger partial charge in [-0.25, -0.2) is 13.4 Å². The van der Waals surface area contributed by atoms with Gasteiger partial charge in [0, 0.05) is 23.3 Å². The molecule has 2 heterocycles. The molecule has 1 saturated heterocycles. The van der Waals surface area contributed by atoms with Crippen LogP contribution >= 0.6 is 15.9 Å². The fraction of sp³-hybridized carbons (Fsp3) is 0.571. The summed E-state index contributed by atoms with van der Waals surface area (Å²) >= 11 is 3.34. The van der Waals surface area contributed by atoms with Crippen molar-refractivity contribution in [2.24, 2.45) is 0 Å². The molecule has 1 atom stereocenters. The van der Waals surface area contributed by atoms with Gasteiger partial charge in [0.25, 0.3) is 5.91 Å². The number of carbonyl (C=O) groups excluding carboxylic acids is 1. The van der Waals surface area contributed by atoms with Crippen molar-refractivity contribution in [2.45, 2.75) is 32.2 Å². The minimum atomic E-state index is -3.02. The number of hydrogen-bond donors (Lipinski definition) is 0. The molecule has 7 heteroatoms. The fourth-order valence-corrected chi connectivity index (χ4v) is 4.63. The Morgan fingerprint density at radius 2 is 2.29 bits per heavy atom. The second kappa shape index (κ2) is 6.87. The molecular weight excluding hydrogens is 356 g/mol. The van der Waals surface area contributed by atoms with E-state index in [1.807, 2.05) is 6.92 Å². The fourth-order valence-electron chi connectivity index (χ4n) is 2.48. The molecule has 1 fully saturated rings. The van der Waals surface area contributed by atoms with Gasteiger partial charge in [-0.15, -0.1) is 0 Å². The maximum Gasteiger partial charge on any atom is 0.273 e. The number of nitrogens with zero attached hydrogens (tertiary/aromatic N) is 2. The van der Waals surface area contributed by atoms with Crippen molar-refractivity contribution in [2.75, 3.05) is 18.1 Å². The lowest BCUT2D eigenvalue weighted by atomic mass is 10.1. The molecule has 1 aromatic heterocycles. The molecule has 0 aromatic carbocycles. The summed E-state index contributed by atoms with van der Waals surface area (Å²) in [7, 11) is -3.02. The number of hydrogen-bond acceptors (Lipinski definition) is 4. The minimum Gasteiger partial charge on any atom is -0.333 e. The molecule has 0 radical (unpaired) electrons. The maximum atomic E-state index is 12.7. The van der Waals surface area contributed by atoms with Crippen LogP contribution in [0.2, 0.25) is 0 Å². The van der Waals surface area contributed by atoms with Gasteiger partial charge in [0.2, 0.25) is 0 Å². The first-order valence-electron chi connectivity index (χ1n) is 7.06. The molecule has 116 valence electrons. The topological polar surface area (TPSA) is 67.3 Å². The number of amides is 1. The monoisotopic (exact) mass is 374 g/mol. The van der Waals surface area contributed by atoms with Gasteiger partial charge in [0.15, 0.2) is 9.84 Å². The van der Waals surface area contributed by atoms with Crippen molar-refractivity contribution in [3.05, 3.63) is 28.5 Å². The molecule has 1 amide bonds. The van der Waals surface area contributed by atoms with Crippen LogP contribution in [-0.4, -0.2) is 48.3 Å². The van der Waals surface area contributed by atoms with Crippen LogP contribution in [0.5, 0.6) is 0 Å². The highest BCUT2D eigenvalue weighted by molar-refractivity contribution is 9.10. The number of rotatable bonds is 5. The summed E-state index contributed by atoms with van der Waals surface area (Å²) in [5, 5.41) is 0. The van der Waals surface area contributed by atoms with Gasteiger partial charge in [-0.3, -0.25) is 4.79 Å². The van der Waals surface area contributed by atoms with Crippen LogP contribution in [-0.2, 0) is 9.84 Å². The lowest BCUT2D eigenvalue weighted by molar-refractivity contribution is 0.0687. The van der Waals surface area contributed by atoms with Crippen LogP contribution in [0.25, 0.3) is 0 Å². The molecule has 0 saturated carbocycles. The summed E-state index contributed by atoms with van der Waals surface area (Å²) in [5.41, 5.74) is 0.345. The Balaban J connectivity index is 2.24. The molecule has 2 rings (SSSR count). The van der Waals surface area contributed by atoms with Crippen LogP contribution in [0.1, 0.15) is 36.7 Å². The van der Waals surface area contributed by atoms with Gasteiger partial charge < -0.3 is 4.90 Å². The third kappa shape index (κ3) is 4.03. The van der Waals surface area contributed by atoms with E-state index >= 15 is 0 Å². The number of sulfone groups is 1. The Morgan fingerprint density at radius 3 is 2.86 bits per heavy atom. The van der Waals surface area contributed by atoms with Gasteiger partial charge in [0.1, 0.15) is 5.69 Å². The van der Waals surface area contributed by atoms with E-state index < -0.39 is 9.84 Å². The summed E-state index contributed by atoms with van der Waals surface area (Å²) < 4.78 is 24.0. The highest BCUT2D eigenvalue weighted by Crippen LogP contribution is 2.22. The number of halogens is 1. The van der Waals surface area contributed by atoms with E-state index in [9.17, 15) is 13.2 Å². The molecule has 1 aliphatic heterocycles. The third-order valence-corrected chi connectivity index (χ3v) is 6.01. The molecule has 5 nitrogen and oxygen atoms in total. The molecule has 1 aromatic rings. The Hall–Kier alpha value is -0.950. The van der Waals surface area contributed by atoms with Gasteiger partial charge in [-0.2, -0.15) is 0 Å². The van der Waals surface area contributed by atoms with Crippen molar-refractivity contribution in [1.29, 1.82) is 0 Å². The predicted octanol–water partition coefficient (Wildman–Crippen LogP) is 2.27. The molecule has 21 heavy (non-hydrogen) atoms. The lowest BCUT2D eigenvalue weighted by Gasteiger charge is -2.28. The average Bonchev–Trinajstić information content (AvgIpc) is 2.79. The van der Waals surface area contributed by atoms with Gasteiger partial charge in [-0.1, -0.05) is 13.3 Å². The average molecular weight is 375 g/mol. The Kier molecular flexibility index (Phi) is 5.37. The quantitative estimate of drug-likeness (QED) is 0.792. The second-order valence-corrected chi connectivity index (χ2v) is 8.33. The zero-order valence-corrected chi connectivity index (χ0v) is 14.4. The molecule has 0 spiro atoms. The standard InChI is InChI=1S/C14H19BrN2O3S/c1-2-3-8-17(11-6-9-21(19,20)10-11)14(18)13-12(15)5-4-7-16-13/h4-5,7,11H,2-3,6,8-10H2,1H3. The molecule has 0 N–H and O–H groups in total. The smallest absolute Gasteiger partial charge is 0.273 e. The SMILES string of the molecule is CCCCN(C(=O)c1ncccc1Br)C1CCS(=O)(=O)C1.